The number of benzene rings is 3. The number of esters is 1. The van der Waals surface area contributed by atoms with Gasteiger partial charge in [0.1, 0.15) is 5.76 Å². The predicted octanol–water partition coefficient (Wildman–Crippen LogP) is 4.25. The summed E-state index contributed by atoms with van der Waals surface area (Å²) < 4.78 is 7.02. The van der Waals surface area contributed by atoms with Crippen LogP contribution in [0.3, 0.4) is 0 Å². The van der Waals surface area contributed by atoms with Gasteiger partial charge >= 0.3 is 11.9 Å². The molecule has 1 amide bonds. The lowest BCUT2D eigenvalue weighted by Gasteiger charge is -2.18. The highest BCUT2D eigenvalue weighted by Crippen LogP contribution is 2.30. The molecular weight excluding hydrogens is 434 g/mol. The van der Waals surface area contributed by atoms with E-state index in [9.17, 15) is 19.5 Å². The van der Waals surface area contributed by atoms with Crippen LogP contribution in [0.2, 0.25) is 0 Å². The largest absolute Gasteiger partial charge is 0.481 e. The Morgan fingerprint density at radius 1 is 1.03 bits per heavy atom. The van der Waals surface area contributed by atoms with E-state index in [1.54, 1.807) is 53.4 Å². The Labute approximate surface area is 194 Å². The van der Waals surface area contributed by atoms with Crippen molar-refractivity contribution in [2.45, 2.75) is 12.5 Å². The second kappa shape index (κ2) is 8.67. The molecule has 3 aromatic carbocycles. The van der Waals surface area contributed by atoms with E-state index >= 15 is 0 Å². The number of rotatable bonds is 6. The number of amides is 1. The highest BCUT2D eigenvalue weighted by atomic mass is 16.5. The van der Waals surface area contributed by atoms with E-state index in [0.717, 1.165) is 5.56 Å². The zero-order chi connectivity index (χ0) is 23.7. The zero-order valence-electron chi connectivity index (χ0n) is 17.8. The first-order chi connectivity index (χ1) is 16.5. The van der Waals surface area contributed by atoms with Crippen molar-refractivity contribution in [2.75, 3.05) is 5.32 Å². The molecule has 1 atom stereocenters. The molecule has 1 aliphatic heterocycles. The van der Waals surface area contributed by atoms with E-state index in [2.05, 4.69) is 10.3 Å². The standard InChI is InChI=1S/C26H19N3O5/c30-24(14-23-18-8-4-5-9-19(18)26(33)34-23)28-17-10-11-20-22(12-17)29(15-27-20)21(13-25(31)32)16-6-2-1-3-7-16/h1-12,14-15,21H,13H2,(H,28,30)(H,31,32)/b23-14-. The number of imidazole rings is 1. The molecule has 0 radical (unpaired) electrons. The summed E-state index contributed by atoms with van der Waals surface area (Å²) in [5, 5.41) is 12.3. The molecule has 34 heavy (non-hydrogen) atoms. The Bertz CT molecular complexity index is 1460. The fourth-order valence-corrected chi connectivity index (χ4v) is 4.06. The Morgan fingerprint density at radius 2 is 1.76 bits per heavy atom. The van der Waals surface area contributed by atoms with Crippen molar-refractivity contribution in [3.8, 4) is 0 Å². The first kappa shape index (κ1) is 21.1. The van der Waals surface area contributed by atoms with Gasteiger partial charge in [0, 0.05) is 17.3 Å². The van der Waals surface area contributed by atoms with Crippen molar-refractivity contribution in [1.29, 1.82) is 0 Å². The summed E-state index contributed by atoms with van der Waals surface area (Å²) in [5.74, 6) is -1.70. The number of carboxylic acid groups (broad SMARTS) is 1. The molecule has 4 aromatic rings. The molecule has 2 heterocycles. The number of nitrogens with zero attached hydrogens (tertiary/aromatic N) is 2. The van der Waals surface area contributed by atoms with Crippen LogP contribution >= 0.6 is 0 Å². The van der Waals surface area contributed by atoms with E-state index in [1.165, 1.54) is 6.08 Å². The molecule has 0 spiro atoms. The van der Waals surface area contributed by atoms with Crippen LogP contribution in [0.1, 0.15) is 33.9 Å². The van der Waals surface area contributed by atoms with Gasteiger partial charge in [0.15, 0.2) is 0 Å². The van der Waals surface area contributed by atoms with Crippen LogP contribution in [0.25, 0.3) is 16.8 Å². The highest BCUT2D eigenvalue weighted by molar-refractivity contribution is 6.10. The highest BCUT2D eigenvalue weighted by Gasteiger charge is 2.26. The molecular formula is C26H19N3O5. The van der Waals surface area contributed by atoms with Gasteiger partial charge in [-0.3, -0.25) is 9.59 Å². The van der Waals surface area contributed by atoms with Gasteiger partial charge in [0.05, 0.1) is 35.4 Å². The number of fused-ring (bicyclic) bond motifs is 2. The fourth-order valence-electron chi connectivity index (χ4n) is 4.06. The van der Waals surface area contributed by atoms with E-state index in [0.29, 0.717) is 27.8 Å². The van der Waals surface area contributed by atoms with Crippen LogP contribution in [0.15, 0.2) is 85.2 Å². The van der Waals surface area contributed by atoms with E-state index in [4.69, 9.17) is 4.74 Å². The SMILES string of the molecule is O=C(O)CC(c1ccccc1)n1cnc2ccc(NC(=O)/C=C3\OC(=O)c4ccccc43)cc21. The molecule has 8 heteroatoms. The van der Waals surface area contributed by atoms with Crippen LogP contribution in [-0.4, -0.2) is 32.5 Å². The summed E-state index contributed by atoms with van der Waals surface area (Å²) in [6.45, 7) is 0. The summed E-state index contributed by atoms with van der Waals surface area (Å²) >= 11 is 0. The molecule has 0 aliphatic carbocycles. The van der Waals surface area contributed by atoms with Crippen LogP contribution in [0.4, 0.5) is 5.69 Å². The molecule has 1 aliphatic rings. The van der Waals surface area contributed by atoms with Crippen molar-refractivity contribution in [3.63, 3.8) is 0 Å². The van der Waals surface area contributed by atoms with Gasteiger partial charge in [-0.25, -0.2) is 9.78 Å². The smallest absolute Gasteiger partial charge is 0.344 e. The number of carboxylic acids is 1. The van der Waals surface area contributed by atoms with E-state index in [1.807, 2.05) is 30.3 Å². The van der Waals surface area contributed by atoms with Gasteiger partial charge in [-0.2, -0.15) is 0 Å². The predicted molar refractivity (Wildman–Crippen MR) is 125 cm³/mol. The van der Waals surface area contributed by atoms with Crippen LogP contribution in [-0.2, 0) is 14.3 Å². The number of nitrogens with one attached hydrogen (secondary N) is 1. The van der Waals surface area contributed by atoms with Gasteiger partial charge in [-0.1, -0.05) is 48.5 Å². The minimum absolute atomic E-state index is 0.122. The molecule has 1 aromatic heterocycles. The fraction of sp³-hybridized carbons (Fsp3) is 0.0769. The molecule has 0 saturated carbocycles. The third-order valence-electron chi connectivity index (χ3n) is 5.61. The minimum atomic E-state index is -0.932. The number of cyclic esters (lactones) is 1. The Hall–Kier alpha value is -4.72. The third kappa shape index (κ3) is 4.04. The van der Waals surface area contributed by atoms with Crippen molar-refractivity contribution in [3.05, 3.63) is 102 Å². The number of hydrogen-bond donors (Lipinski definition) is 2. The van der Waals surface area contributed by atoms with Crippen LogP contribution < -0.4 is 5.32 Å². The zero-order valence-corrected chi connectivity index (χ0v) is 17.8. The summed E-state index contributed by atoms with van der Waals surface area (Å²) in [7, 11) is 0. The van der Waals surface area contributed by atoms with Gasteiger partial charge in [0.25, 0.3) is 5.91 Å². The van der Waals surface area contributed by atoms with E-state index in [-0.39, 0.29) is 12.2 Å². The van der Waals surface area contributed by atoms with Gasteiger partial charge in [-0.15, -0.1) is 0 Å². The summed E-state index contributed by atoms with van der Waals surface area (Å²) in [4.78, 5) is 40.6. The number of hydrogen-bond acceptors (Lipinski definition) is 5. The molecule has 2 N–H and O–H groups in total. The lowest BCUT2D eigenvalue weighted by Crippen LogP contribution is -2.14. The Balaban J connectivity index is 1.45. The maximum atomic E-state index is 12.7. The number of carbonyl (C=O) groups is 3. The Morgan fingerprint density at radius 3 is 2.53 bits per heavy atom. The van der Waals surface area contributed by atoms with Gasteiger partial charge in [0.2, 0.25) is 0 Å². The molecule has 8 nitrogen and oxygen atoms in total. The number of carbonyl (C=O) groups excluding carboxylic acids is 2. The first-order valence-corrected chi connectivity index (χ1v) is 10.6. The second-order valence-electron chi connectivity index (χ2n) is 7.81. The lowest BCUT2D eigenvalue weighted by molar-refractivity contribution is -0.137. The molecule has 5 rings (SSSR count). The second-order valence-corrected chi connectivity index (χ2v) is 7.81. The lowest BCUT2D eigenvalue weighted by atomic mass is 10.0. The topological polar surface area (TPSA) is 111 Å². The van der Waals surface area contributed by atoms with E-state index < -0.39 is 23.9 Å². The first-order valence-electron chi connectivity index (χ1n) is 10.6. The molecule has 0 fully saturated rings. The van der Waals surface area contributed by atoms with Crippen molar-refractivity contribution in [1.82, 2.24) is 9.55 Å². The maximum Gasteiger partial charge on any atom is 0.344 e. The third-order valence-corrected chi connectivity index (χ3v) is 5.61. The van der Waals surface area contributed by atoms with Crippen LogP contribution in [0, 0.1) is 0 Å². The monoisotopic (exact) mass is 453 g/mol. The average molecular weight is 453 g/mol. The van der Waals surface area contributed by atoms with Crippen LogP contribution in [0.5, 0.6) is 0 Å². The van der Waals surface area contributed by atoms with Gasteiger partial charge < -0.3 is 19.7 Å². The average Bonchev–Trinajstić information content (AvgIpc) is 3.39. The maximum absolute atomic E-state index is 12.7. The number of ether oxygens (including phenoxy) is 1. The Kier molecular flexibility index (Phi) is 5.39. The van der Waals surface area contributed by atoms with Crippen molar-refractivity contribution >= 4 is 40.3 Å². The summed E-state index contributed by atoms with van der Waals surface area (Å²) in [6.07, 6.45) is 2.72. The molecule has 0 bridgehead atoms. The van der Waals surface area contributed by atoms with Gasteiger partial charge in [-0.05, 0) is 29.8 Å². The molecule has 0 saturated heterocycles. The van der Waals surface area contributed by atoms with Crippen molar-refractivity contribution in [2.24, 2.45) is 0 Å². The molecule has 1 unspecified atom stereocenters. The summed E-state index contributed by atoms with van der Waals surface area (Å²) in [6, 6.07) is 20.9. The minimum Gasteiger partial charge on any atom is -0.481 e. The number of anilines is 1. The normalized spacial score (nSPS) is 14.6. The van der Waals surface area contributed by atoms with Crippen molar-refractivity contribution < 1.29 is 24.2 Å². The summed E-state index contributed by atoms with van der Waals surface area (Å²) in [5.41, 5.74) is 3.66. The number of aromatic nitrogens is 2. The quantitative estimate of drug-likeness (QED) is 0.334. The number of aliphatic carboxylic acids is 1. The molecule has 168 valence electrons.